The number of rotatable bonds is 3. The lowest BCUT2D eigenvalue weighted by Gasteiger charge is -2.28. The number of hydrogen-bond acceptors (Lipinski definition) is 7. The van der Waals surface area contributed by atoms with Crippen LogP contribution in [0, 0.1) is 10.1 Å². The highest BCUT2D eigenvalue weighted by atomic mass is 16.6. The molecule has 2 aliphatic rings. The molecule has 3 heterocycles. The molecule has 9 nitrogen and oxygen atoms in total. The first-order valence-corrected chi connectivity index (χ1v) is 7.22. The Morgan fingerprint density at radius 2 is 2.17 bits per heavy atom. The van der Waals surface area contributed by atoms with Gasteiger partial charge in [-0.1, -0.05) is 18.2 Å². The molecule has 1 aromatic heterocycles. The lowest BCUT2D eigenvalue weighted by atomic mass is 10.0. The van der Waals surface area contributed by atoms with E-state index in [1.54, 1.807) is 12.1 Å². The first-order valence-electron chi connectivity index (χ1n) is 7.22. The fourth-order valence-corrected chi connectivity index (χ4v) is 2.90. The van der Waals surface area contributed by atoms with Crippen molar-refractivity contribution in [2.75, 3.05) is 18.5 Å². The number of fused-ring (bicyclic) bond motifs is 2. The molecule has 2 aromatic rings. The molecule has 9 heteroatoms. The van der Waals surface area contributed by atoms with Gasteiger partial charge < -0.3 is 14.5 Å². The normalized spacial score (nSPS) is 22.3. The molecule has 4 rings (SSSR count). The Balaban J connectivity index is 1.67. The maximum absolute atomic E-state index is 12.5. The van der Waals surface area contributed by atoms with E-state index < -0.39 is 10.6 Å². The SMILES string of the molecule is O=C1Nc2ccccc2C12OCCN2/N=C/c1ccc([N+](=O)[O-])o1. The van der Waals surface area contributed by atoms with Crippen LogP contribution in [0.25, 0.3) is 0 Å². The summed E-state index contributed by atoms with van der Waals surface area (Å²) >= 11 is 0. The third-order valence-electron chi connectivity index (χ3n) is 3.94. The maximum Gasteiger partial charge on any atom is 0.433 e. The Morgan fingerprint density at radius 1 is 1.33 bits per heavy atom. The Labute approximate surface area is 135 Å². The van der Waals surface area contributed by atoms with Gasteiger partial charge in [0.2, 0.25) is 0 Å². The molecule has 0 aliphatic carbocycles. The average molecular weight is 328 g/mol. The van der Waals surface area contributed by atoms with Crippen molar-refractivity contribution >= 4 is 23.7 Å². The van der Waals surface area contributed by atoms with E-state index in [9.17, 15) is 14.9 Å². The summed E-state index contributed by atoms with van der Waals surface area (Å²) in [5.74, 6) is -0.466. The molecule has 1 N–H and O–H groups in total. The van der Waals surface area contributed by atoms with Gasteiger partial charge >= 0.3 is 5.88 Å². The largest absolute Gasteiger partial charge is 0.433 e. The number of benzene rings is 1. The average Bonchev–Trinajstić information content (AvgIpc) is 3.26. The zero-order valence-electron chi connectivity index (χ0n) is 12.3. The summed E-state index contributed by atoms with van der Waals surface area (Å²) in [6, 6.07) is 9.92. The van der Waals surface area contributed by atoms with Crippen LogP contribution >= 0.6 is 0 Å². The van der Waals surface area contributed by atoms with Crippen molar-refractivity contribution in [2.24, 2.45) is 5.10 Å². The second-order valence-corrected chi connectivity index (χ2v) is 5.29. The van der Waals surface area contributed by atoms with Crippen LogP contribution in [0.1, 0.15) is 11.3 Å². The van der Waals surface area contributed by atoms with Crippen LogP contribution in [0.3, 0.4) is 0 Å². The number of ether oxygens (including phenoxy) is 1. The molecule has 1 saturated heterocycles. The predicted molar refractivity (Wildman–Crippen MR) is 82.4 cm³/mol. The van der Waals surface area contributed by atoms with Crippen LogP contribution in [-0.4, -0.2) is 35.2 Å². The van der Waals surface area contributed by atoms with Gasteiger partial charge in [-0.15, -0.1) is 0 Å². The van der Waals surface area contributed by atoms with Gasteiger partial charge in [0.25, 0.3) is 11.6 Å². The van der Waals surface area contributed by atoms with Crippen molar-refractivity contribution in [3.63, 3.8) is 0 Å². The minimum absolute atomic E-state index is 0.218. The molecule has 2 aliphatic heterocycles. The zero-order valence-corrected chi connectivity index (χ0v) is 12.3. The van der Waals surface area contributed by atoms with Crippen molar-refractivity contribution in [1.29, 1.82) is 0 Å². The van der Waals surface area contributed by atoms with Crippen molar-refractivity contribution in [3.8, 4) is 0 Å². The van der Waals surface area contributed by atoms with E-state index in [1.807, 2.05) is 12.1 Å². The van der Waals surface area contributed by atoms with Gasteiger partial charge in [0.1, 0.15) is 4.92 Å². The molecular weight excluding hydrogens is 316 g/mol. The smallest absolute Gasteiger partial charge is 0.400 e. The first kappa shape index (κ1) is 14.4. The van der Waals surface area contributed by atoms with E-state index in [0.29, 0.717) is 24.4 Å². The summed E-state index contributed by atoms with van der Waals surface area (Å²) in [5, 5.41) is 19.2. The molecule has 1 amide bonds. The number of anilines is 1. The minimum Gasteiger partial charge on any atom is -0.400 e. The molecule has 0 saturated carbocycles. The van der Waals surface area contributed by atoms with E-state index in [1.165, 1.54) is 23.4 Å². The predicted octanol–water partition coefficient (Wildman–Crippen LogP) is 1.66. The van der Waals surface area contributed by atoms with Crippen LogP contribution < -0.4 is 5.32 Å². The fourth-order valence-electron chi connectivity index (χ4n) is 2.90. The van der Waals surface area contributed by atoms with Gasteiger partial charge in [0.05, 0.1) is 25.4 Å². The number of para-hydroxylation sites is 1. The van der Waals surface area contributed by atoms with Crippen LogP contribution in [0.4, 0.5) is 11.6 Å². The number of nitrogens with one attached hydrogen (secondary N) is 1. The van der Waals surface area contributed by atoms with Crippen LogP contribution in [0.2, 0.25) is 0 Å². The number of amides is 1. The van der Waals surface area contributed by atoms with E-state index in [2.05, 4.69) is 10.4 Å². The van der Waals surface area contributed by atoms with Gasteiger partial charge in [-0.2, -0.15) is 5.10 Å². The van der Waals surface area contributed by atoms with E-state index >= 15 is 0 Å². The number of hydrogen-bond donors (Lipinski definition) is 1. The van der Waals surface area contributed by atoms with E-state index in [-0.39, 0.29) is 17.6 Å². The van der Waals surface area contributed by atoms with Gasteiger partial charge in [-0.25, -0.2) is 0 Å². The second kappa shape index (κ2) is 5.17. The molecule has 1 spiro atoms. The standard InChI is InChI=1S/C15H12N4O5/c20-14-15(11-3-1-2-4-12(11)17-14)18(7-8-23-15)16-9-10-5-6-13(24-10)19(21)22/h1-6,9H,7-8H2,(H,17,20)/b16-9+. The Hall–Kier alpha value is -3.20. The van der Waals surface area contributed by atoms with Gasteiger partial charge in [-0.3, -0.25) is 19.9 Å². The van der Waals surface area contributed by atoms with E-state index in [0.717, 1.165) is 0 Å². The summed E-state index contributed by atoms with van der Waals surface area (Å²) in [5.41, 5.74) is 0.0549. The molecular formula is C15H12N4O5. The highest BCUT2D eigenvalue weighted by molar-refractivity contribution is 6.05. The van der Waals surface area contributed by atoms with Gasteiger partial charge in [0, 0.05) is 11.3 Å². The quantitative estimate of drug-likeness (QED) is 0.521. The van der Waals surface area contributed by atoms with Crippen LogP contribution in [-0.2, 0) is 15.3 Å². The summed E-state index contributed by atoms with van der Waals surface area (Å²) in [4.78, 5) is 22.5. The van der Waals surface area contributed by atoms with Crippen LogP contribution in [0.15, 0.2) is 45.9 Å². The molecule has 24 heavy (non-hydrogen) atoms. The van der Waals surface area contributed by atoms with Crippen LogP contribution in [0.5, 0.6) is 0 Å². The second-order valence-electron chi connectivity index (χ2n) is 5.29. The van der Waals surface area contributed by atoms with Crippen molar-refractivity contribution in [2.45, 2.75) is 5.72 Å². The van der Waals surface area contributed by atoms with Gasteiger partial charge in [0.15, 0.2) is 5.76 Å². The minimum atomic E-state index is -1.31. The Morgan fingerprint density at radius 3 is 2.96 bits per heavy atom. The lowest BCUT2D eigenvalue weighted by molar-refractivity contribution is -0.402. The van der Waals surface area contributed by atoms with Crippen molar-refractivity contribution in [3.05, 3.63) is 57.8 Å². The lowest BCUT2D eigenvalue weighted by Crippen LogP contribution is -2.45. The number of nitrogens with zero attached hydrogens (tertiary/aromatic N) is 3. The number of carbonyl (C=O) groups excluding carboxylic acids is 1. The molecule has 1 unspecified atom stereocenters. The molecule has 1 fully saturated rings. The number of nitro groups is 1. The summed E-state index contributed by atoms with van der Waals surface area (Å²) in [6.07, 6.45) is 1.33. The highest BCUT2D eigenvalue weighted by Gasteiger charge is 2.55. The summed E-state index contributed by atoms with van der Waals surface area (Å²) in [6.45, 7) is 0.735. The molecule has 0 bridgehead atoms. The number of carbonyl (C=O) groups is 1. The summed E-state index contributed by atoms with van der Waals surface area (Å²) < 4.78 is 10.8. The van der Waals surface area contributed by atoms with E-state index in [4.69, 9.17) is 9.15 Å². The molecule has 122 valence electrons. The Kier molecular flexibility index (Phi) is 3.10. The Bertz CT molecular complexity index is 861. The first-order chi connectivity index (χ1) is 11.6. The molecule has 1 aromatic carbocycles. The topological polar surface area (TPSA) is 110 Å². The third kappa shape index (κ3) is 1.98. The van der Waals surface area contributed by atoms with Gasteiger partial charge in [-0.05, 0) is 12.1 Å². The van der Waals surface area contributed by atoms with Crippen molar-refractivity contribution < 1.29 is 18.9 Å². The highest BCUT2D eigenvalue weighted by Crippen LogP contribution is 2.44. The zero-order chi connectivity index (χ0) is 16.7. The third-order valence-corrected chi connectivity index (χ3v) is 3.94. The molecule has 0 radical (unpaired) electrons. The fraction of sp³-hybridized carbons (Fsp3) is 0.200. The number of furan rings is 1. The summed E-state index contributed by atoms with van der Waals surface area (Å²) in [7, 11) is 0. The maximum atomic E-state index is 12.5. The monoisotopic (exact) mass is 328 g/mol. The van der Waals surface area contributed by atoms with Crippen molar-refractivity contribution in [1.82, 2.24) is 5.01 Å². The molecule has 1 atom stereocenters. The number of hydrazone groups is 1.